The van der Waals surface area contributed by atoms with Crippen molar-refractivity contribution in [3.63, 3.8) is 0 Å². The average molecular weight is 265 g/mol. The summed E-state index contributed by atoms with van der Waals surface area (Å²) in [4.78, 5) is 6.91. The highest BCUT2D eigenvalue weighted by Gasteiger charge is 2.19. The summed E-state index contributed by atoms with van der Waals surface area (Å²) in [5, 5.41) is 0. The molecule has 0 radical (unpaired) electrons. The Morgan fingerprint density at radius 1 is 1.26 bits per heavy atom. The third-order valence-corrected chi connectivity index (χ3v) is 3.31. The number of methoxy groups -OCH3 is 1. The number of aromatic nitrogens is 1. The van der Waals surface area contributed by atoms with Gasteiger partial charge in [-0.25, -0.2) is 0 Å². The molecule has 1 heterocycles. The molecule has 0 fully saturated rings. The molecule has 2 N–H and O–H groups in total. The lowest BCUT2D eigenvalue weighted by Gasteiger charge is -2.33. The van der Waals surface area contributed by atoms with Crippen molar-refractivity contribution in [2.24, 2.45) is 5.92 Å². The molecule has 108 valence electrons. The third-order valence-electron chi connectivity index (χ3n) is 3.31. The lowest BCUT2D eigenvalue weighted by Crippen LogP contribution is -2.38. The van der Waals surface area contributed by atoms with Crippen LogP contribution in [0.25, 0.3) is 0 Å². The van der Waals surface area contributed by atoms with E-state index in [2.05, 4.69) is 37.6 Å². The van der Waals surface area contributed by atoms with Gasteiger partial charge in [-0.15, -0.1) is 0 Å². The quantitative estimate of drug-likeness (QED) is 0.821. The minimum Gasteiger partial charge on any atom is -0.479 e. The number of hydrogen-bond acceptors (Lipinski definition) is 4. The minimum absolute atomic E-state index is 0.503. The summed E-state index contributed by atoms with van der Waals surface area (Å²) in [7, 11) is 1.60. The first kappa shape index (κ1) is 15.6. The molecule has 0 saturated carbocycles. The second kappa shape index (κ2) is 7.22. The Hall–Kier alpha value is -1.45. The van der Waals surface area contributed by atoms with Crippen molar-refractivity contribution in [2.75, 3.05) is 24.3 Å². The molecule has 4 nitrogen and oxygen atoms in total. The van der Waals surface area contributed by atoms with Crippen molar-refractivity contribution in [3.05, 3.63) is 12.1 Å². The van der Waals surface area contributed by atoms with Crippen molar-refractivity contribution < 1.29 is 4.74 Å². The molecule has 0 atom stereocenters. The van der Waals surface area contributed by atoms with Gasteiger partial charge in [0.1, 0.15) is 5.82 Å². The molecular formula is C15H27N3O. The van der Waals surface area contributed by atoms with Crippen molar-refractivity contribution in [2.45, 2.75) is 46.6 Å². The highest BCUT2D eigenvalue weighted by Crippen LogP contribution is 2.26. The predicted octanol–water partition coefficient (Wildman–Crippen LogP) is 3.32. The van der Waals surface area contributed by atoms with Crippen LogP contribution in [-0.4, -0.2) is 24.7 Å². The van der Waals surface area contributed by atoms with Gasteiger partial charge in [-0.05, 0) is 30.9 Å². The molecule has 0 bridgehead atoms. The molecule has 19 heavy (non-hydrogen) atoms. The number of ether oxygens (including phenoxy) is 1. The lowest BCUT2D eigenvalue weighted by atomic mass is 10.1. The Morgan fingerprint density at radius 3 is 2.37 bits per heavy atom. The maximum absolute atomic E-state index is 5.84. The lowest BCUT2D eigenvalue weighted by molar-refractivity contribution is 0.398. The van der Waals surface area contributed by atoms with Gasteiger partial charge in [-0.1, -0.05) is 27.7 Å². The number of nitrogens with zero attached hydrogens (tertiary/aromatic N) is 2. The maximum Gasteiger partial charge on any atom is 0.238 e. The van der Waals surface area contributed by atoms with Crippen LogP contribution in [0.1, 0.15) is 40.5 Å². The van der Waals surface area contributed by atoms with Crippen LogP contribution in [0.2, 0.25) is 0 Å². The van der Waals surface area contributed by atoms with Gasteiger partial charge in [0.15, 0.2) is 0 Å². The maximum atomic E-state index is 5.84. The van der Waals surface area contributed by atoms with Crippen molar-refractivity contribution in [1.82, 2.24) is 4.98 Å². The standard InChI is InChI=1S/C15H27N3O/c1-6-12(7-2)18(10-11(3)4)14-9-8-13(16)15(17-14)19-5/h8-9,11-12H,6-7,10,16H2,1-5H3. The van der Waals surface area contributed by atoms with E-state index in [4.69, 9.17) is 10.5 Å². The van der Waals surface area contributed by atoms with Crippen LogP contribution in [0.4, 0.5) is 11.5 Å². The Bertz CT molecular complexity index is 389. The molecule has 0 aromatic carbocycles. The predicted molar refractivity (Wildman–Crippen MR) is 81.8 cm³/mol. The van der Waals surface area contributed by atoms with Crippen molar-refractivity contribution in [3.8, 4) is 5.88 Å². The Kier molecular flexibility index (Phi) is 5.93. The molecule has 0 unspecified atom stereocenters. The first-order chi connectivity index (χ1) is 9.03. The molecule has 1 aromatic rings. The van der Waals surface area contributed by atoms with Gasteiger partial charge < -0.3 is 15.4 Å². The summed E-state index contributed by atoms with van der Waals surface area (Å²) in [6.45, 7) is 9.88. The summed E-state index contributed by atoms with van der Waals surface area (Å²) in [6, 6.07) is 4.36. The minimum atomic E-state index is 0.503. The SMILES string of the molecule is CCC(CC)N(CC(C)C)c1ccc(N)c(OC)n1. The zero-order valence-corrected chi connectivity index (χ0v) is 12.8. The molecule has 0 saturated heterocycles. The van der Waals surface area contributed by atoms with Crippen molar-refractivity contribution in [1.29, 1.82) is 0 Å². The average Bonchev–Trinajstić information content (AvgIpc) is 2.39. The molecule has 0 spiro atoms. The van der Waals surface area contributed by atoms with Crippen LogP contribution in [0.15, 0.2) is 12.1 Å². The molecule has 0 aliphatic rings. The summed E-state index contributed by atoms with van der Waals surface area (Å²) >= 11 is 0. The fraction of sp³-hybridized carbons (Fsp3) is 0.667. The number of nitrogens with two attached hydrogens (primary N) is 1. The molecule has 0 aliphatic heterocycles. The zero-order chi connectivity index (χ0) is 14.4. The van der Waals surface area contributed by atoms with E-state index in [-0.39, 0.29) is 0 Å². The smallest absolute Gasteiger partial charge is 0.238 e. The van der Waals surface area contributed by atoms with E-state index in [1.807, 2.05) is 12.1 Å². The number of anilines is 2. The molecule has 4 heteroatoms. The molecule has 1 rings (SSSR count). The van der Waals surface area contributed by atoms with E-state index in [0.29, 0.717) is 23.5 Å². The Balaban J connectivity index is 3.08. The molecule has 1 aromatic heterocycles. The Labute approximate surface area is 117 Å². The van der Waals surface area contributed by atoms with E-state index in [1.165, 1.54) is 0 Å². The highest BCUT2D eigenvalue weighted by atomic mass is 16.5. The van der Waals surface area contributed by atoms with E-state index in [9.17, 15) is 0 Å². The normalized spacial score (nSPS) is 11.1. The summed E-state index contributed by atoms with van der Waals surface area (Å²) in [6.07, 6.45) is 2.22. The van der Waals surface area contributed by atoms with Crippen LogP contribution >= 0.6 is 0 Å². The topological polar surface area (TPSA) is 51.4 Å². The number of rotatable bonds is 7. The molecule has 0 aliphatic carbocycles. The highest BCUT2D eigenvalue weighted by molar-refractivity contribution is 5.55. The first-order valence-corrected chi connectivity index (χ1v) is 7.10. The van der Waals surface area contributed by atoms with Gasteiger partial charge in [0.05, 0.1) is 12.8 Å². The van der Waals surface area contributed by atoms with E-state index >= 15 is 0 Å². The van der Waals surface area contributed by atoms with E-state index in [0.717, 1.165) is 25.2 Å². The van der Waals surface area contributed by atoms with Gasteiger partial charge >= 0.3 is 0 Å². The fourth-order valence-electron chi connectivity index (χ4n) is 2.32. The fourth-order valence-corrected chi connectivity index (χ4v) is 2.32. The zero-order valence-electron chi connectivity index (χ0n) is 12.8. The van der Waals surface area contributed by atoms with Crippen LogP contribution in [0, 0.1) is 5.92 Å². The van der Waals surface area contributed by atoms with Gasteiger partial charge in [0, 0.05) is 12.6 Å². The van der Waals surface area contributed by atoms with Gasteiger partial charge in [0.25, 0.3) is 0 Å². The number of pyridine rings is 1. The van der Waals surface area contributed by atoms with Crippen LogP contribution in [0.5, 0.6) is 5.88 Å². The summed E-state index contributed by atoms with van der Waals surface area (Å²) in [5.41, 5.74) is 6.42. The first-order valence-electron chi connectivity index (χ1n) is 7.10. The monoisotopic (exact) mass is 265 g/mol. The van der Waals surface area contributed by atoms with Gasteiger partial charge in [-0.2, -0.15) is 4.98 Å². The van der Waals surface area contributed by atoms with E-state index < -0.39 is 0 Å². The Morgan fingerprint density at radius 2 is 1.89 bits per heavy atom. The number of hydrogen-bond donors (Lipinski definition) is 1. The van der Waals surface area contributed by atoms with Crippen LogP contribution in [-0.2, 0) is 0 Å². The molecule has 0 amide bonds. The summed E-state index contributed by atoms with van der Waals surface area (Å²) in [5.74, 6) is 2.05. The third kappa shape index (κ3) is 4.01. The van der Waals surface area contributed by atoms with Gasteiger partial charge in [0.2, 0.25) is 5.88 Å². The second-order valence-corrected chi connectivity index (χ2v) is 5.28. The molecular weight excluding hydrogens is 238 g/mol. The second-order valence-electron chi connectivity index (χ2n) is 5.28. The number of nitrogen functional groups attached to an aromatic ring is 1. The largest absolute Gasteiger partial charge is 0.479 e. The van der Waals surface area contributed by atoms with E-state index in [1.54, 1.807) is 7.11 Å². The van der Waals surface area contributed by atoms with Crippen molar-refractivity contribution >= 4 is 11.5 Å². The van der Waals surface area contributed by atoms with Crippen LogP contribution in [0.3, 0.4) is 0 Å². The van der Waals surface area contributed by atoms with Crippen LogP contribution < -0.4 is 15.4 Å². The van der Waals surface area contributed by atoms with Gasteiger partial charge in [-0.3, -0.25) is 0 Å². The summed E-state index contributed by atoms with van der Waals surface area (Å²) < 4.78 is 5.23.